The molecule has 2 aromatic heterocycles. The number of pyridine rings is 1. The van der Waals surface area contributed by atoms with Crippen LogP contribution in [0, 0.1) is 11.7 Å². The second-order valence-electron chi connectivity index (χ2n) is 7.55. The summed E-state index contributed by atoms with van der Waals surface area (Å²) in [5.41, 5.74) is 0.404. The molecule has 1 amide bonds. The summed E-state index contributed by atoms with van der Waals surface area (Å²) in [6, 6.07) is 12.4. The van der Waals surface area contributed by atoms with E-state index in [1.807, 2.05) is 30.3 Å². The van der Waals surface area contributed by atoms with Crippen LogP contribution in [0.15, 0.2) is 53.2 Å². The van der Waals surface area contributed by atoms with Crippen molar-refractivity contribution in [1.82, 2.24) is 20.0 Å². The van der Waals surface area contributed by atoms with E-state index in [1.54, 1.807) is 4.90 Å². The predicted octanol–water partition coefficient (Wildman–Crippen LogP) is 3.46. The lowest BCUT2D eigenvalue weighted by Crippen LogP contribution is -2.36. The van der Waals surface area contributed by atoms with Gasteiger partial charge in [0.15, 0.2) is 17.3 Å². The molecule has 2 aliphatic rings. The number of rotatable bonds is 3. The lowest BCUT2D eigenvalue weighted by molar-refractivity contribution is 0.0766. The van der Waals surface area contributed by atoms with Gasteiger partial charge >= 0.3 is 0 Å². The topological polar surface area (TPSA) is 72.1 Å². The van der Waals surface area contributed by atoms with Crippen molar-refractivity contribution in [2.75, 3.05) is 13.1 Å². The Balaban J connectivity index is 1.45. The summed E-state index contributed by atoms with van der Waals surface area (Å²) in [5.74, 6) is 0.398. The third-order valence-corrected chi connectivity index (χ3v) is 6.01. The molecule has 2 unspecified atom stereocenters. The van der Waals surface area contributed by atoms with Crippen molar-refractivity contribution >= 4 is 5.91 Å². The Morgan fingerprint density at radius 3 is 2.89 bits per heavy atom. The minimum atomic E-state index is -0.593. The number of benzene rings is 1. The fourth-order valence-electron chi connectivity index (χ4n) is 4.63. The number of nitrogens with zero attached hydrogens (tertiary/aromatic N) is 4. The van der Waals surface area contributed by atoms with Crippen LogP contribution in [0.25, 0.3) is 11.5 Å². The van der Waals surface area contributed by atoms with Crippen LogP contribution in [0.1, 0.15) is 35.6 Å². The van der Waals surface area contributed by atoms with Gasteiger partial charge in [-0.05, 0) is 43.0 Å². The van der Waals surface area contributed by atoms with Crippen LogP contribution in [-0.4, -0.2) is 39.0 Å². The van der Waals surface area contributed by atoms with Gasteiger partial charge in [-0.1, -0.05) is 29.8 Å². The van der Waals surface area contributed by atoms with Crippen LogP contribution >= 0.6 is 0 Å². The van der Waals surface area contributed by atoms with E-state index in [0.29, 0.717) is 24.8 Å². The quantitative estimate of drug-likeness (QED) is 0.698. The van der Waals surface area contributed by atoms with Gasteiger partial charge in [0, 0.05) is 24.8 Å². The average Bonchev–Trinajstić information content (AvgIpc) is 3.42. The highest BCUT2D eigenvalue weighted by Crippen LogP contribution is 2.50. The fourth-order valence-corrected chi connectivity index (χ4v) is 4.63. The van der Waals surface area contributed by atoms with E-state index in [2.05, 4.69) is 15.1 Å². The van der Waals surface area contributed by atoms with Gasteiger partial charge in [-0.3, -0.25) is 4.79 Å². The summed E-state index contributed by atoms with van der Waals surface area (Å²) in [6.45, 7) is 1.02. The number of likely N-dealkylation sites (tertiary alicyclic amines) is 1. The lowest BCUT2D eigenvalue weighted by atomic mass is 9.80. The van der Waals surface area contributed by atoms with Crippen LogP contribution in [0.2, 0.25) is 0 Å². The minimum Gasteiger partial charge on any atom is -0.336 e. The maximum Gasteiger partial charge on any atom is 0.275 e. The van der Waals surface area contributed by atoms with Gasteiger partial charge in [-0.15, -0.1) is 0 Å². The molecule has 1 saturated carbocycles. The number of amides is 1. The number of halogens is 1. The molecule has 2 fully saturated rings. The highest BCUT2D eigenvalue weighted by molar-refractivity contribution is 5.92. The zero-order chi connectivity index (χ0) is 19.1. The molecule has 1 aliphatic carbocycles. The molecule has 3 heterocycles. The number of fused-ring (bicyclic) bond motifs is 1. The third kappa shape index (κ3) is 2.61. The Kier molecular flexibility index (Phi) is 3.96. The normalized spacial score (nSPS) is 23.8. The molecule has 0 radical (unpaired) electrons. The Bertz CT molecular complexity index is 1020. The van der Waals surface area contributed by atoms with Crippen LogP contribution in [0.5, 0.6) is 0 Å². The standard InChI is InChI=1S/C21H19FN4O2/c22-16-9-5-11-23-17(16)19(27)26-12-15-8-4-10-21(15,13-26)20-24-18(28-25-20)14-6-2-1-3-7-14/h1-3,5-7,9,11,15H,4,8,10,12-13H2. The first kappa shape index (κ1) is 17.0. The summed E-state index contributed by atoms with van der Waals surface area (Å²) in [7, 11) is 0. The second-order valence-corrected chi connectivity index (χ2v) is 7.55. The number of aromatic nitrogens is 3. The average molecular weight is 378 g/mol. The van der Waals surface area contributed by atoms with Crippen LogP contribution in [0.4, 0.5) is 4.39 Å². The monoisotopic (exact) mass is 378 g/mol. The molecule has 7 heteroatoms. The van der Waals surface area contributed by atoms with Crippen LogP contribution in [-0.2, 0) is 5.41 Å². The summed E-state index contributed by atoms with van der Waals surface area (Å²) in [5, 5.41) is 4.28. The van der Waals surface area contributed by atoms with Crippen molar-refractivity contribution in [2.24, 2.45) is 5.92 Å². The summed E-state index contributed by atoms with van der Waals surface area (Å²) in [4.78, 5) is 23.2. The number of carbonyl (C=O) groups is 1. The number of hydrogen-bond donors (Lipinski definition) is 0. The highest BCUT2D eigenvalue weighted by Gasteiger charge is 2.54. The van der Waals surface area contributed by atoms with Gasteiger partial charge in [0.25, 0.3) is 11.8 Å². The SMILES string of the molecule is O=C(c1ncccc1F)N1CC2CCCC2(c2noc(-c3ccccc3)n2)C1. The highest BCUT2D eigenvalue weighted by atomic mass is 19.1. The van der Waals surface area contributed by atoms with Gasteiger partial charge in [0.05, 0.1) is 5.41 Å². The number of carbonyl (C=O) groups excluding carboxylic acids is 1. The van der Waals surface area contributed by atoms with Gasteiger partial charge < -0.3 is 9.42 Å². The van der Waals surface area contributed by atoms with E-state index < -0.39 is 5.82 Å². The second kappa shape index (κ2) is 6.51. The van der Waals surface area contributed by atoms with Crippen LogP contribution < -0.4 is 0 Å². The van der Waals surface area contributed by atoms with E-state index in [4.69, 9.17) is 4.52 Å². The first-order valence-corrected chi connectivity index (χ1v) is 9.47. The zero-order valence-corrected chi connectivity index (χ0v) is 15.2. The number of hydrogen-bond acceptors (Lipinski definition) is 5. The first-order chi connectivity index (χ1) is 13.7. The molecule has 3 aromatic rings. The predicted molar refractivity (Wildman–Crippen MR) is 98.9 cm³/mol. The summed E-state index contributed by atoms with van der Waals surface area (Å²) < 4.78 is 19.6. The molecule has 142 valence electrons. The van der Waals surface area contributed by atoms with E-state index >= 15 is 0 Å². The zero-order valence-electron chi connectivity index (χ0n) is 15.2. The van der Waals surface area contributed by atoms with Crippen LogP contribution in [0.3, 0.4) is 0 Å². The molecule has 0 N–H and O–H groups in total. The third-order valence-electron chi connectivity index (χ3n) is 6.01. The molecule has 6 nitrogen and oxygen atoms in total. The van der Waals surface area contributed by atoms with E-state index in [1.165, 1.54) is 18.3 Å². The molecule has 2 atom stereocenters. The minimum absolute atomic E-state index is 0.129. The molecule has 0 bridgehead atoms. The van der Waals surface area contributed by atoms with Gasteiger partial charge in [-0.2, -0.15) is 4.98 Å². The molecule has 5 rings (SSSR count). The van der Waals surface area contributed by atoms with Crippen molar-refractivity contribution in [3.63, 3.8) is 0 Å². The smallest absolute Gasteiger partial charge is 0.275 e. The Hall–Kier alpha value is -3.09. The summed E-state index contributed by atoms with van der Waals surface area (Å²) in [6.07, 6.45) is 4.37. The van der Waals surface area contributed by atoms with E-state index in [9.17, 15) is 9.18 Å². The van der Waals surface area contributed by atoms with Crippen molar-refractivity contribution in [3.05, 3.63) is 66.0 Å². The Labute approximate surface area is 161 Å². The van der Waals surface area contributed by atoms with Gasteiger partial charge in [-0.25, -0.2) is 9.37 Å². The Morgan fingerprint density at radius 2 is 2.07 bits per heavy atom. The van der Waals surface area contributed by atoms with Crippen molar-refractivity contribution in [1.29, 1.82) is 0 Å². The molecule has 0 spiro atoms. The molecule has 28 heavy (non-hydrogen) atoms. The van der Waals surface area contributed by atoms with Crippen molar-refractivity contribution in [2.45, 2.75) is 24.7 Å². The molecule has 1 saturated heterocycles. The molecule has 1 aliphatic heterocycles. The fraction of sp³-hybridized carbons (Fsp3) is 0.333. The first-order valence-electron chi connectivity index (χ1n) is 9.47. The maximum absolute atomic E-state index is 14.0. The molecular weight excluding hydrogens is 359 g/mol. The van der Waals surface area contributed by atoms with Gasteiger partial charge in [0.2, 0.25) is 0 Å². The molecule has 1 aromatic carbocycles. The summed E-state index contributed by atoms with van der Waals surface area (Å²) >= 11 is 0. The van der Waals surface area contributed by atoms with E-state index in [0.717, 1.165) is 24.8 Å². The lowest BCUT2D eigenvalue weighted by Gasteiger charge is -2.24. The largest absolute Gasteiger partial charge is 0.336 e. The van der Waals surface area contributed by atoms with Gasteiger partial charge in [0.1, 0.15) is 0 Å². The van der Waals surface area contributed by atoms with E-state index in [-0.39, 0.29) is 22.9 Å². The maximum atomic E-state index is 14.0. The molecular formula is C21H19FN4O2. The van der Waals surface area contributed by atoms with Crippen molar-refractivity contribution in [3.8, 4) is 11.5 Å². The Morgan fingerprint density at radius 1 is 1.21 bits per heavy atom. The van der Waals surface area contributed by atoms with Crippen molar-refractivity contribution < 1.29 is 13.7 Å².